The third kappa shape index (κ3) is 2.28. The molecule has 17 heavy (non-hydrogen) atoms. The van der Waals surface area contributed by atoms with Crippen LogP contribution in [-0.4, -0.2) is 24.4 Å². The highest BCUT2D eigenvalue weighted by Crippen LogP contribution is 2.31. The van der Waals surface area contributed by atoms with E-state index in [0.717, 1.165) is 5.56 Å². The largest absolute Gasteiger partial charge is 0.330 e. The number of nitrogens with one attached hydrogen (secondary N) is 1. The van der Waals surface area contributed by atoms with Gasteiger partial charge in [0.05, 0.1) is 0 Å². The van der Waals surface area contributed by atoms with Gasteiger partial charge < -0.3 is 10.1 Å². The smallest absolute Gasteiger partial charge is 0.225 e. The molecule has 0 aliphatic carbocycles. The number of amides is 1. The van der Waals surface area contributed by atoms with E-state index in [0.29, 0.717) is 17.7 Å². The van der Waals surface area contributed by atoms with Crippen molar-refractivity contribution in [1.82, 2.24) is 10.3 Å². The van der Waals surface area contributed by atoms with Gasteiger partial charge in [-0.25, -0.2) is 0 Å². The molecular formula is C12H13BN2O2. The first-order chi connectivity index (χ1) is 8.09. The maximum atomic E-state index is 11.7. The molecule has 0 fully saturated rings. The molecule has 0 aromatic carbocycles. The quantitative estimate of drug-likeness (QED) is 0.731. The van der Waals surface area contributed by atoms with Crippen LogP contribution in [-0.2, 0) is 9.59 Å². The zero-order valence-corrected chi connectivity index (χ0v) is 9.86. The molecule has 0 saturated carbocycles. The van der Waals surface area contributed by atoms with Crippen LogP contribution in [0.2, 0.25) is 0 Å². The molecule has 86 valence electrons. The Morgan fingerprint density at radius 3 is 2.94 bits per heavy atom. The lowest BCUT2D eigenvalue weighted by atomic mass is 9.78. The third-order valence-electron chi connectivity index (χ3n) is 2.93. The summed E-state index contributed by atoms with van der Waals surface area (Å²) >= 11 is 0. The van der Waals surface area contributed by atoms with Crippen LogP contribution in [0.3, 0.4) is 0 Å². The minimum absolute atomic E-state index is 0.00338. The van der Waals surface area contributed by atoms with E-state index in [9.17, 15) is 9.59 Å². The topological polar surface area (TPSA) is 59.1 Å². The van der Waals surface area contributed by atoms with E-state index >= 15 is 0 Å². The van der Waals surface area contributed by atoms with Crippen LogP contribution in [0.1, 0.15) is 24.8 Å². The molecule has 0 radical (unpaired) electrons. The molecule has 4 nitrogen and oxygen atoms in total. The fourth-order valence-corrected chi connectivity index (χ4v) is 2.25. The summed E-state index contributed by atoms with van der Waals surface area (Å²) in [6.07, 6.45) is 3.69. The van der Waals surface area contributed by atoms with Crippen molar-refractivity contribution in [2.24, 2.45) is 0 Å². The van der Waals surface area contributed by atoms with Crippen LogP contribution in [0, 0.1) is 0 Å². The molecule has 2 heterocycles. The first-order valence-corrected chi connectivity index (χ1v) is 5.51. The molecule has 1 unspecified atom stereocenters. The Morgan fingerprint density at radius 2 is 2.35 bits per heavy atom. The Balaban J connectivity index is 2.47. The number of rotatable bonds is 2. The maximum absolute atomic E-state index is 11.7. The second-order valence-corrected chi connectivity index (χ2v) is 4.19. The minimum atomic E-state index is -0.171. The second-order valence-electron chi connectivity index (χ2n) is 4.19. The molecule has 1 aliphatic heterocycles. The van der Waals surface area contributed by atoms with E-state index in [1.54, 1.807) is 19.3 Å². The summed E-state index contributed by atoms with van der Waals surface area (Å²) in [6.45, 7) is 1.76. The number of hydrogen-bond donors (Lipinski definition) is 1. The van der Waals surface area contributed by atoms with Crippen LogP contribution in [0.15, 0.2) is 35.8 Å². The van der Waals surface area contributed by atoms with Crippen LogP contribution in [0.25, 0.3) is 0 Å². The third-order valence-corrected chi connectivity index (χ3v) is 2.93. The fourth-order valence-electron chi connectivity index (χ4n) is 2.25. The van der Waals surface area contributed by atoms with E-state index in [2.05, 4.69) is 10.3 Å². The van der Waals surface area contributed by atoms with Crippen molar-refractivity contribution in [1.29, 1.82) is 0 Å². The lowest BCUT2D eigenvalue weighted by Gasteiger charge is -2.26. The van der Waals surface area contributed by atoms with Gasteiger partial charge in [0, 0.05) is 36.0 Å². The molecule has 1 aromatic heterocycles. The highest BCUT2D eigenvalue weighted by atomic mass is 16.2. The Morgan fingerprint density at radius 1 is 1.59 bits per heavy atom. The number of carbonyl (C=O) groups is 2. The molecule has 5 heteroatoms. The lowest BCUT2D eigenvalue weighted by Crippen LogP contribution is -2.33. The monoisotopic (exact) mass is 228 g/mol. The predicted molar refractivity (Wildman–Crippen MR) is 66.0 cm³/mol. The van der Waals surface area contributed by atoms with Gasteiger partial charge in [0.2, 0.25) is 5.91 Å². The molecule has 1 atom stereocenters. The highest BCUT2D eigenvalue weighted by Gasteiger charge is 2.29. The van der Waals surface area contributed by atoms with E-state index in [-0.39, 0.29) is 17.5 Å². The molecule has 1 N–H and O–H groups in total. The highest BCUT2D eigenvalue weighted by molar-refractivity contribution is 6.62. The summed E-state index contributed by atoms with van der Waals surface area (Å²) in [7, 11) is 1.53. The average molecular weight is 228 g/mol. The number of pyridine rings is 1. The van der Waals surface area contributed by atoms with Crippen molar-refractivity contribution in [2.45, 2.75) is 19.3 Å². The number of aromatic nitrogens is 1. The summed E-state index contributed by atoms with van der Waals surface area (Å²) in [5, 5.41) is 2.71. The maximum Gasteiger partial charge on any atom is 0.225 e. The van der Waals surface area contributed by atoms with E-state index in [1.807, 2.05) is 12.1 Å². The van der Waals surface area contributed by atoms with Gasteiger partial charge in [0.15, 0.2) is 7.85 Å². The van der Waals surface area contributed by atoms with Crippen molar-refractivity contribution in [3.63, 3.8) is 0 Å². The summed E-state index contributed by atoms with van der Waals surface area (Å²) in [4.78, 5) is 27.3. The minimum Gasteiger partial charge on any atom is -0.330 e. The number of allylic oxidation sites excluding steroid dienone is 2. The Hall–Kier alpha value is -1.91. The molecule has 1 amide bonds. The average Bonchev–Trinajstić information content (AvgIpc) is 2.28. The SMILES string of the molecule is BC(=O)C1=C(C)NC(=O)CC1c1cccnc1. The van der Waals surface area contributed by atoms with Gasteiger partial charge in [-0.1, -0.05) is 6.07 Å². The van der Waals surface area contributed by atoms with Gasteiger partial charge in [-0.2, -0.15) is 0 Å². The molecule has 0 saturated heterocycles. The second kappa shape index (κ2) is 4.53. The van der Waals surface area contributed by atoms with Crippen molar-refractivity contribution in [3.8, 4) is 0 Å². The van der Waals surface area contributed by atoms with Crippen molar-refractivity contribution in [2.75, 3.05) is 0 Å². The van der Waals surface area contributed by atoms with Gasteiger partial charge in [0.25, 0.3) is 0 Å². The van der Waals surface area contributed by atoms with Crippen molar-refractivity contribution >= 4 is 19.4 Å². The number of hydrogen-bond acceptors (Lipinski definition) is 3. The Kier molecular flexibility index (Phi) is 3.09. The van der Waals surface area contributed by atoms with Crippen LogP contribution < -0.4 is 5.32 Å². The Bertz CT molecular complexity index is 496. The zero-order valence-electron chi connectivity index (χ0n) is 9.86. The van der Waals surface area contributed by atoms with Gasteiger partial charge in [-0.3, -0.25) is 9.78 Å². The predicted octanol–water partition coefficient (Wildman–Crippen LogP) is 0.119. The molecule has 0 bridgehead atoms. The van der Waals surface area contributed by atoms with Crippen molar-refractivity contribution in [3.05, 3.63) is 41.4 Å². The van der Waals surface area contributed by atoms with Crippen LogP contribution >= 0.6 is 0 Å². The summed E-state index contributed by atoms with van der Waals surface area (Å²) in [6, 6.07) is 3.71. The Labute approximate surface area is 101 Å². The van der Waals surface area contributed by atoms with Crippen LogP contribution in [0.4, 0.5) is 0 Å². The number of carbonyl (C=O) groups excluding carboxylic acids is 2. The first kappa shape index (κ1) is 11.6. The molecular weight excluding hydrogens is 215 g/mol. The summed E-state index contributed by atoms with van der Waals surface area (Å²) < 4.78 is 0. The number of nitrogens with zero attached hydrogens (tertiary/aromatic N) is 1. The van der Waals surface area contributed by atoms with Crippen molar-refractivity contribution < 1.29 is 9.59 Å². The molecule has 0 spiro atoms. The molecule has 2 rings (SSSR count). The van der Waals surface area contributed by atoms with Crippen LogP contribution in [0.5, 0.6) is 0 Å². The lowest BCUT2D eigenvalue weighted by molar-refractivity contribution is -0.121. The summed E-state index contributed by atoms with van der Waals surface area (Å²) in [5.74, 6) is -0.226. The van der Waals surface area contributed by atoms with Gasteiger partial charge in [-0.15, -0.1) is 0 Å². The first-order valence-electron chi connectivity index (χ1n) is 5.51. The van der Waals surface area contributed by atoms with Gasteiger partial charge >= 0.3 is 0 Å². The standard InChI is InChI=1S/C12H13BN2O2/c1-7-11(12(13)17)9(5-10(16)15-7)8-3-2-4-14-6-8/h2-4,6,9H,5,13H2,1H3,(H,15,16). The van der Waals surface area contributed by atoms with E-state index in [1.165, 1.54) is 7.85 Å². The summed E-state index contributed by atoms with van der Waals surface area (Å²) in [5.41, 5.74) is 2.24. The molecule has 1 aromatic rings. The zero-order chi connectivity index (χ0) is 12.4. The fraction of sp³-hybridized carbons (Fsp3) is 0.250. The normalized spacial score (nSPS) is 20.1. The van der Waals surface area contributed by atoms with E-state index < -0.39 is 0 Å². The van der Waals surface area contributed by atoms with E-state index in [4.69, 9.17) is 0 Å². The molecule has 1 aliphatic rings. The van der Waals surface area contributed by atoms with Gasteiger partial charge in [-0.05, 0) is 18.6 Å². The van der Waals surface area contributed by atoms with Gasteiger partial charge in [0.1, 0.15) is 5.68 Å².